The molecule has 100 valence electrons. The number of aromatic nitrogens is 1. The highest BCUT2D eigenvalue weighted by molar-refractivity contribution is 7.89. The van der Waals surface area contributed by atoms with Crippen LogP contribution in [0.25, 0.3) is 0 Å². The van der Waals surface area contributed by atoms with Crippen LogP contribution in [0.4, 0.5) is 0 Å². The third kappa shape index (κ3) is 2.73. The van der Waals surface area contributed by atoms with E-state index in [0.29, 0.717) is 5.92 Å². The van der Waals surface area contributed by atoms with Crippen molar-refractivity contribution in [1.82, 2.24) is 10.3 Å². The van der Waals surface area contributed by atoms with Gasteiger partial charge in [0.05, 0.1) is 4.90 Å². The Hall–Kier alpha value is -1.34. The first-order valence-electron chi connectivity index (χ1n) is 5.90. The number of carbonyl (C=O) groups is 1. The number of amides is 1. The Morgan fingerprint density at radius 2 is 2.22 bits per heavy atom. The molecule has 0 radical (unpaired) electrons. The summed E-state index contributed by atoms with van der Waals surface area (Å²) >= 11 is 0. The molecular weight excluding hydrogens is 254 g/mol. The van der Waals surface area contributed by atoms with Gasteiger partial charge in [-0.05, 0) is 31.7 Å². The lowest BCUT2D eigenvalue weighted by atomic mass is 9.80. The van der Waals surface area contributed by atoms with Gasteiger partial charge in [-0.15, -0.1) is 0 Å². The van der Waals surface area contributed by atoms with Crippen LogP contribution in [0.1, 0.15) is 36.7 Å². The van der Waals surface area contributed by atoms with Crippen molar-refractivity contribution in [3.63, 3.8) is 0 Å². The van der Waals surface area contributed by atoms with Crippen LogP contribution in [0, 0.1) is 5.92 Å². The van der Waals surface area contributed by atoms with Crippen molar-refractivity contribution < 1.29 is 13.2 Å². The SMILES string of the molecule is CC(NC(=O)c1cc(S(N)(=O)=O)c[nH]1)C1CCC1. The van der Waals surface area contributed by atoms with Crippen molar-refractivity contribution in [2.24, 2.45) is 11.1 Å². The zero-order chi connectivity index (χ0) is 13.3. The highest BCUT2D eigenvalue weighted by Gasteiger charge is 2.25. The molecule has 1 atom stereocenters. The summed E-state index contributed by atoms with van der Waals surface area (Å²) in [5, 5.41) is 7.83. The van der Waals surface area contributed by atoms with Crippen LogP contribution in [0.2, 0.25) is 0 Å². The zero-order valence-electron chi connectivity index (χ0n) is 10.1. The van der Waals surface area contributed by atoms with Crippen LogP contribution in [-0.2, 0) is 10.0 Å². The first-order chi connectivity index (χ1) is 8.38. The van der Waals surface area contributed by atoms with Crippen LogP contribution in [0.3, 0.4) is 0 Å². The molecule has 18 heavy (non-hydrogen) atoms. The van der Waals surface area contributed by atoms with Gasteiger partial charge in [0.2, 0.25) is 10.0 Å². The number of nitrogens with one attached hydrogen (secondary N) is 2. The van der Waals surface area contributed by atoms with Gasteiger partial charge in [0.25, 0.3) is 5.91 Å². The maximum atomic E-state index is 11.9. The van der Waals surface area contributed by atoms with E-state index in [9.17, 15) is 13.2 Å². The summed E-state index contributed by atoms with van der Waals surface area (Å²) in [5.74, 6) is 0.228. The van der Waals surface area contributed by atoms with E-state index in [1.807, 2.05) is 6.92 Å². The third-order valence-electron chi connectivity index (χ3n) is 3.45. The van der Waals surface area contributed by atoms with E-state index in [-0.39, 0.29) is 22.5 Å². The summed E-state index contributed by atoms with van der Waals surface area (Å²) in [6, 6.07) is 1.35. The van der Waals surface area contributed by atoms with Crippen molar-refractivity contribution >= 4 is 15.9 Å². The van der Waals surface area contributed by atoms with Crippen LogP contribution < -0.4 is 10.5 Å². The average molecular weight is 271 g/mol. The Labute approximate surface area is 106 Å². The van der Waals surface area contributed by atoms with E-state index in [2.05, 4.69) is 10.3 Å². The molecule has 1 aliphatic rings. The van der Waals surface area contributed by atoms with Crippen LogP contribution >= 0.6 is 0 Å². The van der Waals surface area contributed by atoms with E-state index in [0.717, 1.165) is 12.8 Å². The van der Waals surface area contributed by atoms with Gasteiger partial charge in [0.1, 0.15) is 5.69 Å². The molecular formula is C11H17N3O3S. The molecule has 1 saturated carbocycles. The predicted octanol–water partition coefficient (Wildman–Crippen LogP) is 0.581. The van der Waals surface area contributed by atoms with E-state index >= 15 is 0 Å². The number of hydrogen-bond acceptors (Lipinski definition) is 3. The first kappa shape index (κ1) is 13.1. The number of primary sulfonamides is 1. The summed E-state index contributed by atoms with van der Waals surface area (Å²) in [6.07, 6.45) is 4.70. The number of aromatic amines is 1. The van der Waals surface area contributed by atoms with Crippen molar-refractivity contribution in [2.45, 2.75) is 37.1 Å². The molecule has 7 heteroatoms. The fourth-order valence-corrected chi connectivity index (χ4v) is 2.52. The van der Waals surface area contributed by atoms with Crippen LogP contribution in [-0.4, -0.2) is 25.4 Å². The minimum Gasteiger partial charge on any atom is -0.356 e. The topological polar surface area (TPSA) is 105 Å². The Kier molecular flexibility index (Phi) is 3.45. The van der Waals surface area contributed by atoms with Gasteiger partial charge < -0.3 is 10.3 Å². The minimum atomic E-state index is -3.77. The van der Waals surface area contributed by atoms with Crippen molar-refractivity contribution in [2.75, 3.05) is 0 Å². The second-order valence-electron chi connectivity index (χ2n) is 4.75. The fourth-order valence-electron chi connectivity index (χ4n) is 2.01. The van der Waals surface area contributed by atoms with Crippen LogP contribution in [0.15, 0.2) is 17.2 Å². The lowest BCUT2D eigenvalue weighted by Crippen LogP contribution is -2.40. The molecule has 4 N–H and O–H groups in total. The van der Waals surface area contributed by atoms with Gasteiger partial charge in [-0.2, -0.15) is 0 Å². The minimum absolute atomic E-state index is 0.0797. The maximum absolute atomic E-state index is 11.9. The second kappa shape index (κ2) is 4.74. The van der Waals surface area contributed by atoms with Gasteiger partial charge in [-0.25, -0.2) is 13.6 Å². The lowest BCUT2D eigenvalue weighted by Gasteiger charge is -2.31. The van der Waals surface area contributed by atoms with Gasteiger partial charge in [-0.3, -0.25) is 4.79 Å². The van der Waals surface area contributed by atoms with E-state index < -0.39 is 10.0 Å². The van der Waals surface area contributed by atoms with Crippen molar-refractivity contribution in [3.8, 4) is 0 Å². The fraction of sp³-hybridized carbons (Fsp3) is 0.545. The molecule has 1 aromatic rings. The summed E-state index contributed by atoms with van der Waals surface area (Å²) in [4.78, 5) is 14.4. The zero-order valence-corrected chi connectivity index (χ0v) is 11.0. The monoisotopic (exact) mass is 271 g/mol. The molecule has 1 fully saturated rings. The number of hydrogen-bond donors (Lipinski definition) is 3. The second-order valence-corrected chi connectivity index (χ2v) is 6.31. The number of H-pyrrole nitrogens is 1. The molecule has 6 nitrogen and oxygen atoms in total. The third-order valence-corrected chi connectivity index (χ3v) is 4.34. The lowest BCUT2D eigenvalue weighted by molar-refractivity contribution is 0.0905. The van der Waals surface area contributed by atoms with Crippen LogP contribution in [0.5, 0.6) is 0 Å². The number of sulfonamides is 1. The summed E-state index contributed by atoms with van der Waals surface area (Å²) < 4.78 is 22.2. The average Bonchev–Trinajstić information content (AvgIpc) is 2.61. The molecule has 1 amide bonds. The highest BCUT2D eigenvalue weighted by atomic mass is 32.2. The summed E-state index contributed by atoms with van der Waals surface area (Å²) in [5.41, 5.74) is 0.213. The molecule has 0 aromatic carbocycles. The smallest absolute Gasteiger partial charge is 0.267 e. The Balaban J connectivity index is 2.02. The molecule has 0 aliphatic heterocycles. The number of nitrogens with two attached hydrogens (primary N) is 1. The summed E-state index contributed by atoms with van der Waals surface area (Å²) in [6.45, 7) is 1.96. The Morgan fingerprint density at radius 3 is 2.67 bits per heavy atom. The number of carbonyl (C=O) groups excluding carboxylic acids is 1. The van der Waals surface area contributed by atoms with Crippen molar-refractivity contribution in [3.05, 3.63) is 18.0 Å². The normalized spacial score (nSPS) is 18.1. The highest BCUT2D eigenvalue weighted by Crippen LogP contribution is 2.29. The molecule has 1 aliphatic carbocycles. The van der Waals surface area contributed by atoms with Gasteiger partial charge in [0, 0.05) is 12.2 Å². The molecule has 0 bridgehead atoms. The Bertz CT molecular complexity index is 546. The Morgan fingerprint density at radius 1 is 1.56 bits per heavy atom. The molecule has 0 spiro atoms. The number of rotatable bonds is 4. The molecule has 2 rings (SSSR count). The molecule has 1 heterocycles. The quantitative estimate of drug-likeness (QED) is 0.746. The van der Waals surface area contributed by atoms with Gasteiger partial charge in [0.15, 0.2) is 0 Å². The van der Waals surface area contributed by atoms with Gasteiger partial charge in [-0.1, -0.05) is 6.42 Å². The van der Waals surface area contributed by atoms with Gasteiger partial charge >= 0.3 is 0 Å². The molecule has 1 unspecified atom stereocenters. The van der Waals surface area contributed by atoms with E-state index in [1.54, 1.807) is 0 Å². The maximum Gasteiger partial charge on any atom is 0.267 e. The standard InChI is InChI=1S/C11H17N3O3S/c1-7(8-3-2-4-8)14-11(15)10-5-9(6-13-10)18(12,16)17/h5-8,13H,2-4H2,1H3,(H,14,15)(H2,12,16,17). The largest absolute Gasteiger partial charge is 0.356 e. The predicted molar refractivity (Wildman–Crippen MR) is 66.4 cm³/mol. The van der Waals surface area contributed by atoms with Crippen molar-refractivity contribution in [1.29, 1.82) is 0 Å². The van der Waals surface area contributed by atoms with E-state index in [4.69, 9.17) is 5.14 Å². The summed E-state index contributed by atoms with van der Waals surface area (Å²) in [7, 11) is -3.77. The van der Waals surface area contributed by atoms with E-state index in [1.165, 1.54) is 18.7 Å². The molecule has 1 aromatic heterocycles. The first-order valence-corrected chi connectivity index (χ1v) is 7.44. The molecule has 0 saturated heterocycles.